The van der Waals surface area contributed by atoms with Crippen molar-refractivity contribution in [2.24, 2.45) is 11.8 Å². The Labute approximate surface area is 236 Å². The normalized spacial score (nSPS) is 30.3. The number of likely N-dealkylation sites (tertiary alicyclic amines) is 1. The van der Waals surface area contributed by atoms with Gasteiger partial charge in [0.05, 0.1) is 29.2 Å². The summed E-state index contributed by atoms with van der Waals surface area (Å²) in [6.07, 6.45) is 1.11. The summed E-state index contributed by atoms with van der Waals surface area (Å²) in [6.45, 7) is 5.93. The maximum absolute atomic E-state index is 14.2. The summed E-state index contributed by atoms with van der Waals surface area (Å²) in [7, 11) is 0. The van der Waals surface area contributed by atoms with E-state index >= 15 is 0 Å². The lowest BCUT2D eigenvalue weighted by Gasteiger charge is -2.37. The van der Waals surface area contributed by atoms with Crippen molar-refractivity contribution in [2.45, 2.75) is 67.1 Å². The van der Waals surface area contributed by atoms with Gasteiger partial charge in [-0.3, -0.25) is 14.4 Å². The first-order chi connectivity index (χ1) is 18.2. The van der Waals surface area contributed by atoms with Crippen LogP contribution in [0, 0.1) is 25.7 Å². The second kappa shape index (κ2) is 10.7. The first-order valence-corrected chi connectivity index (χ1v) is 15.0. The largest absolute Gasteiger partial charge is 0.394 e. The minimum atomic E-state index is -0.793. The molecular formula is C29H34BrN3O4S. The molecule has 3 amide bonds. The molecule has 3 aliphatic heterocycles. The minimum Gasteiger partial charge on any atom is -0.394 e. The fraction of sp³-hybridized carbons (Fsp3) is 0.483. The summed E-state index contributed by atoms with van der Waals surface area (Å²) < 4.78 is -0.756. The van der Waals surface area contributed by atoms with Crippen molar-refractivity contribution in [3.05, 3.63) is 65.2 Å². The molecule has 0 aliphatic carbocycles. The van der Waals surface area contributed by atoms with E-state index in [0.29, 0.717) is 19.4 Å². The molecule has 3 unspecified atom stereocenters. The molecule has 0 saturated carbocycles. The Balaban J connectivity index is 1.50. The Hall–Kier alpha value is -2.36. The molecule has 0 radical (unpaired) electrons. The topological polar surface area (TPSA) is 98.7 Å². The van der Waals surface area contributed by atoms with Crippen LogP contribution in [-0.2, 0) is 20.9 Å². The van der Waals surface area contributed by atoms with Crippen molar-refractivity contribution in [3.8, 4) is 0 Å². The van der Waals surface area contributed by atoms with Gasteiger partial charge in [0, 0.05) is 22.3 Å². The molecule has 5 rings (SSSR count). The Bertz CT molecular complexity index is 1220. The molecule has 7 nitrogen and oxygen atoms in total. The fourth-order valence-electron chi connectivity index (χ4n) is 6.58. The number of benzene rings is 2. The van der Waals surface area contributed by atoms with Crippen LogP contribution in [0.15, 0.2) is 48.5 Å². The maximum Gasteiger partial charge on any atom is 0.248 e. The first-order valence-electron chi connectivity index (χ1n) is 13.2. The quantitative estimate of drug-likeness (QED) is 0.401. The molecule has 38 heavy (non-hydrogen) atoms. The summed E-state index contributed by atoms with van der Waals surface area (Å²) in [6, 6.07) is 14.2. The molecule has 7 atom stereocenters. The molecule has 2 aromatic carbocycles. The molecular weight excluding hydrogens is 566 g/mol. The molecule has 3 aliphatic rings. The Morgan fingerprint density at radius 1 is 1.13 bits per heavy atom. The molecule has 2 bridgehead atoms. The number of amides is 3. The first kappa shape index (κ1) is 27.2. The van der Waals surface area contributed by atoms with Gasteiger partial charge in [-0.2, -0.15) is 0 Å². The van der Waals surface area contributed by atoms with Crippen LogP contribution in [0.25, 0.3) is 0 Å². The van der Waals surface area contributed by atoms with Gasteiger partial charge in [0.25, 0.3) is 0 Å². The molecule has 3 saturated heterocycles. The maximum atomic E-state index is 14.2. The lowest BCUT2D eigenvalue weighted by atomic mass is 9.70. The number of aryl methyl sites for hydroxylation is 2. The van der Waals surface area contributed by atoms with Gasteiger partial charge in [-0.05, 0) is 43.4 Å². The van der Waals surface area contributed by atoms with Crippen molar-refractivity contribution in [2.75, 3.05) is 11.9 Å². The summed E-state index contributed by atoms with van der Waals surface area (Å²) >= 11 is 5.40. The summed E-state index contributed by atoms with van der Waals surface area (Å²) in [5, 5.41) is 16.3. The second-order valence-corrected chi connectivity index (χ2v) is 13.3. The van der Waals surface area contributed by atoms with Gasteiger partial charge >= 0.3 is 0 Å². The van der Waals surface area contributed by atoms with Crippen LogP contribution in [0.4, 0.5) is 5.69 Å². The van der Waals surface area contributed by atoms with Gasteiger partial charge in [-0.25, -0.2) is 0 Å². The van der Waals surface area contributed by atoms with Crippen molar-refractivity contribution in [1.82, 2.24) is 10.2 Å². The van der Waals surface area contributed by atoms with Crippen molar-refractivity contribution in [1.29, 1.82) is 0 Å². The highest BCUT2D eigenvalue weighted by molar-refractivity contribution is 9.09. The number of nitrogens with zero attached hydrogens (tertiary/aromatic N) is 1. The number of nitrogens with one attached hydrogen (secondary N) is 2. The smallest absolute Gasteiger partial charge is 0.248 e. The number of anilines is 1. The molecule has 3 N–H and O–H groups in total. The highest BCUT2D eigenvalue weighted by Crippen LogP contribution is 2.68. The van der Waals surface area contributed by atoms with Crippen LogP contribution >= 0.6 is 27.7 Å². The number of thioether (sulfide) groups is 1. The van der Waals surface area contributed by atoms with E-state index < -0.39 is 28.7 Å². The van der Waals surface area contributed by atoms with E-state index in [1.165, 1.54) is 0 Å². The van der Waals surface area contributed by atoms with Gasteiger partial charge in [0.1, 0.15) is 6.04 Å². The van der Waals surface area contributed by atoms with E-state index in [1.54, 1.807) is 16.7 Å². The monoisotopic (exact) mass is 599 g/mol. The second-order valence-electron chi connectivity index (χ2n) is 10.6. The van der Waals surface area contributed by atoms with E-state index in [0.717, 1.165) is 22.4 Å². The van der Waals surface area contributed by atoms with Gasteiger partial charge in [0.2, 0.25) is 17.7 Å². The van der Waals surface area contributed by atoms with Crippen LogP contribution in [0.3, 0.4) is 0 Å². The van der Waals surface area contributed by atoms with Crippen LogP contribution in [-0.4, -0.2) is 61.2 Å². The van der Waals surface area contributed by atoms with Crippen LogP contribution in [0.5, 0.6) is 0 Å². The van der Waals surface area contributed by atoms with E-state index in [9.17, 15) is 19.5 Å². The third kappa shape index (κ3) is 4.36. The predicted octanol–water partition coefficient (Wildman–Crippen LogP) is 3.79. The lowest BCUT2D eigenvalue weighted by Crippen LogP contribution is -2.55. The molecule has 202 valence electrons. The third-order valence-electron chi connectivity index (χ3n) is 8.39. The highest BCUT2D eigenvalue weighted by Gasteiger charge is 2.76. The lowest BCUT2D eigenvalue weighted by molar-refractivity contribution is -0.142. The highest BCUT2D eigenvalue weighted by atomic mass is 79.9. The number of alkyl halides is 1. The zero-order valence-corrected chi connectivity index (χ0v) is 24.2. The molecule has 0 aromatic heterocycles. The van der Waals surface area contributed by atoms with E-state index in [4.69, 9.17) is 0 Å². The summed E-state index contributed by atoms with van der Waals surface area (Å²) in [5.74, 6) is -1.82. The van der Waals surface area contributed by atoms with Gasteiger partial charge in [0.15, 0.2) is 0 Å². The third-order valence-corrected chi connectivity index (χ3v) is 11.6. The van der Waals surface area contributed by atoms with E-state index in [-0.39, 0.29) is 34.4 Å². The Morgan fingerprint density at radius 3 is 2.45 bits per heavy atom. The molecule has 9 heteroatoms. The number of aliphatic hydroxyl groups excluding tert-OH is 1. The van der Waals surface area contributed by atoms with Gasteiger partial charge < -0.3 is 20.6 Å². The minimum absolute atomic E-state index is 0.00586. The van der Waals surface area contributed by atoms with Gasteiger partial charge in [-0.1, -0.05) is 71.4 Å². The summed E-state index contributed by atoms with van der Waals surface area (Å²) in [5.41, 5.74) is 3.61. The molecule has 3 fully saturated rings. The standard InChI is InChI=1S/C29H34BrN3O4S/c1-4-19(15-34)33-25(27(36)32-23-16(2)9-8-10-17(23)3)29-13-20(30)24(38-29)21(22(29)28(33)37)26(35)31-14-18-11-6-5-7-12-18/h5-12,19-22,24-25,34H,4,13-15H2,1-3H3,(H,31,35)(H,32,36)/t19-,20?,21+,22-,24+,25?,29?/m0/s1. The Morgan fingerprint density at radius 2 is 1.82 bits per heavy atom. The number of carbonyl (C=O) groups excluding carboxylic acids is 3. The van der Waals surface area contributed by atoms with Gasteiger partial charge in [-0.15, -0.1) is 11.8 Å². The van der Waals surface area contributed by atoms with Crippen LogP contribution < -0.4 is 10.6 Å². The van der Waals surface area contributed by atoms with Crippen LogP contribution in [0.2, 0.25) is 0 Å². The number of para-hydroxylation sites is 1. The fourth-order valence-corrected chi connectivity index (χ4v) is 10.2. The predicted molar refractivity (Wildman–Crippen MR) is 153 cm³/mol. The average Bonchev–Trinajstić information content (AvgIpc) is 3.50. The van der Waals surface area contributed by atoms with Crippen molar-refractivity contribution in [3.63, 3.8) is 0 Å². The molecule has 3 heterocycles. The Kier molecular flexibility index (Phi) is 7.64. The number of rotatable bonds is 8. The number of hydrogen-bond acceptors (Lipinski definition) is 5. The zero-order valence-electron chi connectivity index (χ0n) is 21.8. The van der Waals surface area contributed by atoms with Crippen molar-refractivity contribution < 1.29 is 19.5 Å². The number of aliphatic hydroxyl groups is 1. The van der Waals surface area contributed by atoms with Crippen molar-refractivity contribution >= 4 is 51.1 Å². The van der Waals surface area contributed by atoms with E-state index in [1.807, 2.05) is 69.3 Å². The zero-order chi connectivity index (χ0) is 27.2. The number of carbonyl (C=O) groups is 3. The SMILES string of the molecule is CC[C@@H](CO)N1C(=O)[C@@H]2[C@@H](C(=O)NCc3ccccc3)[C@@H]3SC2(CC3Br)C1C(=O)Nc1c(C)cccc1C. The molecule has 2 aromatic rings. The average molecular weight is 601 g/mol. The van der Waals surface area contributed by atoms with Crippen LogP contribution in [0.1, 0.15) is 36.5 Å². The molecule has 1 spiro atoms. The van der Waals surface area contributed by atoms with E-state index in [2.05, 4.69) is 26.6 Å². The number of fused-ring (bicyclic) bond motifs is 1. The number of halogens is 1. The summed E-state index contributed by atoms with van der Waals surface area (Å²) in [4.78, 5) is 43.5. The number of hydrogen-bond donors (Lipinski definition) is 3.